The van der Waals surface area contributed by atoms with Gasteiger partial charge < -0.3 is 5.32 Å². The number of aromatic nitrogens is 1. The van der Waals surface area contributed by atoms with Crippen LogP contribution in [0.2, 0.25) is 0 Å². The Balaban J connectivity index is 2.55. The van der Waals surface area contributed by atoms with Crippen LogP contribution in [-0.2, 0) is 5.41 Å². The van der Waals surface area contributed by atoms with E-state index in [0.29, 0.717) is 6.54 Å². The lowest BCUT2D eigenvalue weighted by atomic mass is 9.85. The van der Waals surface area contributed by atoms with Crippen molar-refractivity contribution < 1.29 is 0 Å². The Morgan fingerprint density at radius 1 is 1.29 bits per heavy atom. The first-order valence-electron chi connectivity index (χ1n) is 5.90. The summed E-state index contributed by atoms with van der Waals surface area (Å²) < 4.78 is 0. The lowest BCUT2D eigenvalue weighted by Crippen LogP contribution is -2.37. The molecule has 17 heavy (non-hydrogen) atoms. The highest BCUT2D eigenvalue weighted by Gasteiger charge is 2.22. The smallest absolute Gasteiger partial charge is 0.0697 e. The van der Waals surface area contributed by atoms with Gasteiger partial charge in [-0.1, -0.05) is 19.9 Å². The quantitative estimate of drug-likeness (QED) is 0.847. The maximum absolute atomic E-state index is 8.94. The van der Waals surface area contributed by atoms with Gasteiger partial charge in [-0.2, -0.15) is 5.26 Å². The topological polar surface area (TPSA) is 48.7 Å². The van der Waals surface area contributed by atoms with Gasteiger partial charge in [0.1, 0.15) is 0 Å². The van der Waals surface area contributed by atoms with Gasteiger partial charge in [-0.05, 0) is 25.5 Å². The molecule has 1 aromatic heterocycles. The van der Waals surface area contributed by atoms with Crippen molar-refractivity contribution in [2.24, 2.45) is 5.41 Å². The van der Waals surface area contributed by atoms with E-state index in [9.17, 15) is 0 Å². The Labute approximate surface area is 104 Å². The summed E-state index contributed by atoms with van der Waals surface area (Å²) >= 11 is 0. The third-order valence-electron chi connectivity index (χ3n) is 2.88. The minimum absolute atomic E-state index is 0.0276. The summed E-state index contributed by atoms with van der Waals surface area (Å²) in [6, 6.07) is 6.33. The van der Waals surface area contributed by atoms with Crippen LogP contribution in [0.5, 0.6) is 0 Å². The van der Waals surface area contributed by atoms with E-state index in [4.69, 9.17) is 5.26 Å². The van der Waals surface area contributed by atoms with Crippen molar-refractivity contribution in [2.45, 2.75) is 33.1 Å². The number of hydrogen-bond acceptors (Lipinski definition) is 3. The summed E-state index contributed by atoms with van der Waals surface area (Å²) in [6.45, 7) is 9.78. The molecule has 0 aliphatic heterocycles. The normalized spacial score (nSPS) is 12.2. The number of pyridine rings is 1. The van der Waals surface area contributed by atoms with Crippen molar-refractivity contribution in [3.63, 3.8) is 0 Å². The number of hydrogen-bond donors (Lipinski definition) is 1. The monoisotopic (exact) mass is 231 g/mol. The van der Waals surface area contributed by atoms with Crippen LogP contribution >= 0.6 is 0 Å². The summed E-state index contributed by atoms with van der Waals surface area (Å²) in [4.78, 5) is 4.14. The van der Waals surface area contributed by atoms with Gasteiger partial charge in [0.25, 0.3) is 0 Å². The Bertz CT molecular complexity index is 388. The molecule has 1 aromatic rings. The molecule has 3 heteroatoms. The number of rotatable bonds is 5. The first-order chi connectivity index (χ1) is 7.87. The zero-order valence-corrected chi connectivity index (χ0v) is 11.1. The molecule has 0 aliphatic carbocycles. The van der Waals surface area contributed by atoms with Crippen molar-refractivity contribution in [3.8, 4) is 6.07 Å². The highest BCUT2D eigenvalue weighted by Crippen LogP contribution is 2.21. The van der Waals surface area contributed by atoms with Crippen LogP contribution in [0.4, 0.5) is 0 Å². The van der Waals surface area contributed by atoms with Crippen LogP contribution in [-0.4, -0.2) is 18.1 Å². The van der Waals surface area contributed by atoms with Crippen LogP contribution in [0.25, 0.3) is 0 Å². The Kier molecular flexibility index (Phi) is 4.25. The van der Waals surface area contributed by atoms with Crippen molar-refractivity contribution in [2.75, 3.05) is 13.1 Å². The second-order valence-electron chi connectivity index (χ2n) is 5.72. The first-order valence-corrected chi connectivity index (χ1v) is 5.90. The van der Waals surface area contributed by atoms with E-state index >= 15 is 0 Å². The molecule has 0 aromatic carbocycles. The molecular formula is C14H21N3. The number of nitrogens with one attached hydrogen (secondary N) is 1. The summed E-state index contributed by atoms with van der Waals surface area (Å²) in [6.07, 6.45) is 3.68. The van der Waals surface area contributed by atoms with Crippen molar-refractivity contribution in [3.05, 3.63) is 30.1 Å². The second kappa shape index (κ2) is 5.29. The molecule has 1 N–H and O–H groups in total. The molecule has 92 valence electrons. The second-order valence-corrected chi connectivity index (χ2v) is 5.72. The molecule has 0 saturated heterocycles. The summed E-state index contributed by atoms with van der Waals surface area (Å²) in [5.74, 6) is 0. The predicted molar refractivity (Wildman–Crippen MR) is 69.5 cm³/mol. The van der Waals surface area contributed by atoms with Crippen LogP contribution in [0.15, 0.2) is 24.5 Å². The van der Waals surface area contributed by atoms with Crippen LogP contribution < -0.4 is 5.32 Å². The van der Waals surface area contributed by atoms with Crippen molar-refractivity contribution in [1.29, 1.82) is 5.26 Å². The molecule has 0 fully saturated rings. The van der Waals surface area contributed by atoms with Gasteiger partial charge in [-0.3, -0.25) is 4.98 Å². The minimum Gasteiger partial charge on any atom is -0.314 e. The highest BCUT2D eigenvalue weighted by molar-refractivity contribution is 5.20. The lowest BCUT2D eigenvalue weighted by Gasteiger charge is -2.27. The van der Waals surface area contributed by atoms with E-state index in [1.54, 1.807) is 6.20 Å². The Morgan fingerprint density at radius 2 is 2.00 bits per heavy atom. The first kappa shape index (κ1) is 13.7. The molecule has 0 atom stereocenters. The van der Waals surface area contributed by atoms with Gasteiger partial charge in [0.05, 0.1) is 11.5 Å². The minimum atomic E-state index is -0.314. The van der Waals surface area contributed by atoms with Crippen LogP contribution in [0.3, 0.4) is 0 Å². The summed E-state index contributed by atoms with van der Waals surface area (Å²) in [7, 11) is 0. The standard InChI is InChI=1S/C14H21N3/c1-13(2,9-15)10-17-11-14(3,4)12-6-5-7-16-8-12/h5-8,17H,10-11H2,1-4H3. The SMILES string of the molecule is CC(C)(C#N)CNCC(C)(C)c1cccnc1. The van der Waals surface area contributed by atoms with Gasteiger partial charge in [0.15, 0.2) is 0 Å². The number of nitriles is 1. The van der Waals surface area contributed by atoms with Gasteiger partial charge in [0.2, 0.25) is 0 Å². The van der Waals surface area contributed by atoms with Crippen LogP contribution in [0.1, 0.15) is 33.3 Å². The number of nitrogens with zero attached hydrogens (tertiary/aromatic N) is 2. The zero-order chi connectivity index (χ0) is 12.9. The largest absolute Gasteiger partial charge is 0.314 e. The van der Waals surface area contributed by atoms with Crippen molar-refractivity contribution in [1.82, 2.24) is 10.3 Å². The summed E-state index contributed by atoms with van der Waals surface area (Å²) in [5.41, 5.74) is 0.924. The molecule has 1 heterocycles. The molecular weight excluding hydrogens is 210 g/mol. The maximum Gasteiger partial charge on any atom is 0.0697 e. The van der Waals surface area contributed by atoms with E-state index in [-0.39, 0.29) is 10.8 Å². The molecule has 0 spiro atoms. The highest BCUT2D eigenvalue weighted by atomic mass is 14.9. The molecule has 3 nitrogen and oxygen atoms in total. The lowest BCUT2D eigenvalue weighted by molar-refractivity contribution is 0.396. The van der Waals surface area contributed by atoms with Crippen LogP contribution in [0, 0.1) is 16.7 Å². The average molecular weight is 231 g/mol. The molecule has 0 amide bonds. The van der Waals surface area contributed by atoms with E-state index in [2.05, 4.69) is 36.3 Å². The van der Waals surface area contributed by atoms with Gasteiger partial charge in [0, 0.05) is 30.9 Å². The predicted octanol–water partition coefficient (Wildman–Crippen LogP) is 2.50. The molecule has 0 radical (unpaired) electrons. The van der Waals surface area contributed by atoms with E-state index in [0.717, 1.165) is 6.54 Å². The van der Waals surface area contributed by atoms with E-state index < -0.39 is 0 Å². The maximum atomic E-state index is 8.94. The zero-order valence-electron chi connectivity index (χ0n) is 11.1. The molecule has 0 saturated carbocycles. The third kappa shape index (κ3) is 4.16. The van der Waals surface area contributed by atoms with Crippen molar-refractivity contribution >= 4 is 0 Å². The molecule has 0 aliphatic rings. The third-order valence-corrected chi connectivity index (χ3v) is 2.88. The van der Waals surface area contributed by atoms with E-state index in [1.807, 2.05) is 26.1 Å². The molecule has 0 bridgehead atoms. The Morgan fingerprint density at radius 3 is 2.53 bits per heavy atom. The van der Waals surface area contributed by atoms with Gasteiger partial charge in [-0.25, -0.2) is 0 Å². The summed E-state index contributed by atoms with van der Waals surface area (Å²) in [5, 5.41) is 12.3. The fourth-order valence-corrected chi connectivity index (χ4v) is 1.59. The Hall–Kier alpha value is -1.40. The van der Waals surface area contributed by atoms with Gasteiger partial charge >= 0.3 is 0 Å². The van der Waals surface area contributed by atoms with E-state index in [1.165, 1.54) is 5.56 Å². The fraction of sp³-hybridized carbons (Fsp3) is 0.571. The fourth-order valence-electron chi connectivity index (χ4n) is 1.59. The average Bonchev–Trinajstić information content (AvgIpc) is 2.30. The molecule has 1 rings (SSSR count). The van der Waals surface area contributed by atoms with Gasteiger partial charge in [-0.15, -0.1) is 0 Å². The molecule has 0 unspecified atom stereocenters.